The first-order valence-electron chi connectivity index (χ1n) is 7.08. The molecule has 2 heterocycles. The monoisotopic (exact) mass is 375 g/mol. The molecule has 1 atom stereocenters. The van der Waals surface area contributed by atoms with Gasteiger partial charge in [-0.25, -0.2) is 17.2 Å². The van der Waals surface area contributed by atoms with Crippen LogP contribution in [0, 0.1) is 11.6 Å². The summed E-state index contributed by atoms with van der Waals surface area (Å²) in [6.45, 7) is 0.979. The molecule has 130 valence electrons. The van der Waals surface area contributed by atoms with Crippen molar-refractivity contribution < 1.29 is 17.2 Å². The largest absolute Gasteiger partial charge is 0.313 e. The second kappa shape index (κ2) is 7.52. The zero-order chi connectivity index (χ0) is 16.4. The van der Waals surface area contributed by atoms with Crippen molar-refractivity contribution in [3.63, 3.8) is 0 Å². The Morgan fingerprint density at radius 1 is 1.21 bits per heavy atom. The second-order valence-corrected chi connectivity index (χ2v) is 7.03. The lowest BCUT2D eigenvalue weighted by atomic mass is 10.1. The zero-order valence-electron chi connectivity index (χ0n) is 12.5. The van der Waals surface area contributed by atoms with Crippen molar-refractivity contribution in [1.82, 2.24) is 14.6 Å². The van der Waals surface area contributed by atoms with Gasteiger partial charge < -0.3 is 5.32 Å². The summed E-state index contributed by atoms with van der Waals surface area (Å²) in [5.74, 6) is -2.53. The third-order valence-corrected chi connectivity index (χ3v) is 5.69. The minimum atomic E-state index is -4.16. The maximum Gasteiger partial charge on any atom is 0.246 e. The predicted octanol–water partition coefficient (Wildman–Crippen LogP) is 2.12. The van der Waals surface area contributed by atoms with E-state index in [1.54, 1.807) is 24.5 Å². The maximum atomic E-state index is 14.0. The normalized spacial score (nSPS) is 18.8. The van der Waals surface area contributed by atoms with Gasteiger partial charge in [0.25, 0.3) is 0 Å². The van der Waals surface area contributed by atoms with Crippen LogP contribution in [0.5, 0.6) is 0 Å². The zero-order valence-corrected chi connectivity index (χ0v) is 14.2. The van der Waals surface area contributed by atoms with Crippen molar-refractivity contribution in [2.24, 2.45) is 0 Å². The Kier molecular flexibility index (Phi) is 5.87. The first kappa shape index (κ1) is 18.7. The fraction of sp³-hybridized carbons (Fsp3) is 0.267. The molecule has 1 aliphatic rings. The fourth-order valence-corrected chi connectivity index (χ4v) is 4.33. The topological polar surface area (TPSA) is 62.3 Å². The van der Waals surface area contributed by atoms with Crippen LogP contribution in [0.3, 0.4) is 0 Å². The van der Waals surface area contributed by atoms with Crippen LogP contribution in [-0.4, -0.2) is 37.3 Å². The number of aromatic nitrogens is 1. The molecule has 1 aliphatic heterocycles. The van der Waals surface area contributed by atoms with Crippen molar-refractivity contribution in [2.75, 3.05) is 19.6 Å². The lowest BCUT2D eigenvalue weighted by Gasteiger charge is -2.35. The summed E-state index contributed by atoms with van der Waals surface area (Å²) in [4.78, 5) is 3.35. The number of hydrogen-bond acceptors (Lipinski definition) is 4. The number of rotatable bonds is 3. The van der Waals surface area contributed by atoms with Crippen molar-refractivity contribution in [3.05, 3.63) is 59.9 Å². The van der Waals surface area contributed by atoms with Gasteiger partial charge in [0.1, 0.15) is 4.90 Å². The van der Waals surface area contributed by atoms with Gasteiger partial charge in [0, 0.05) is 32.0 Å². The van der Waals surface area contributed by atoms with Crippen LogP contribution in [0.4, 0.5) is 8.78 Å². The Bertz CT molecular complexity index is 806. The summed E-state index contributed by atoms with van der Waals surface area (Å²) in [6.07, 6.45) is 3.16. The van der Waals surface area contributed by atoms with E-state index >= 15 is 0 Å². The molecule has 1 unspecified atom stereocenters. The van der Waals surface area contributed by atoms with Crippen molar-refractivity contribution in [1.29, 1.82) is 0 Å². The minimum Gasteiger partial charge on any atom is -0.313 e. The van der Waals surface area contributed by atoms with E-state index in [1.807, 2.05) is 0 Å². The van der Waals surface area contributed by atoms with Crippen LogP contribution in [0.25, 0.3) is 0 Å². The molecule has 0 amide bonds. The number of nitrogens with zero attached hydrogens (tertiary/aromatic N) is 2. The van der Waals surface area contributed by atoms with E-state index in [0.29, 0.717) is 18.7 Å². The maximum absolute atomic E-state index is 14.0. The summed E-state index contributed by atoms with van der Waals surface area (Å²) in [5.41, 5.74) is 0.695. The number of nitrogens with one attached hydrogen (secondary N) is 1. The number of halogens is 3. The molecular formula is C15H16ClF2N3O2S. The summed E-state index contributed by atoms with van der Waals surface area (Å²) in [6, 6.07) is 6.10. The van der Waals surface area contributed by atoms with Gasteiger partial charge >= 0.3 is 0 Å². The molecular weight excluding hydrogens is 360 g/mol. The van der Waals surface area contributed by atoms with Gasteiger partial charge in [-0.3, -0.25) is 4.98 Å². The number of pyridine rings is 1. The second-order valence-electron chi connectivity index (χ2n) is 5.17. The molecule has 2 aromatic rings. The number of benzene rings is 1. The predicted molar refractivity (Wildman–Crippen MR) is 87.3 cm³/mol. The SMILES string of the molecule is Cl.O=S(=O)(c1cccc(F)c1F)N1CCNCC1c1cccnc1. The van der Waals surface area contributed by atoms with Crippen LogP contribution in [0.1, 0.15) is 11.6 Å². The summed E-state index contributed by atoms with van der Waals surface area (Å²) in [5, 5.41) is 3.11. The van der Waals surface area contributed by atoms with Gasteiger partial charge in [0.2, 0.25) is 10.0 Å². The van der Waals surface area contributed by atoms with E-state index in [0.717, 1.165) is 12.1 Å². The van der Waals surface area contributed by atoms with Crippen molar-refractivity contribution in [2.45, 2.75) is 10.9 Å². The van der Waals surface area contributed by atoms with E-state index in [-0.39, 0.29) is 19.0 Å². The lowest BCUT2D eigenvalue weighted by Crippen LogP contribution is -2.48. The third kappa shape index (κ3) is 3.41. The molecule has 1 fully saturated rings. The Hall–Kier alpha value is -1.61. The first-order valence-corrected chi connectivity index (χ1v) is 8.52. The molecule has 0 aliphatic carbocycles. The smallest absolute Gasteiger partial charge is 0.246 e. The standard InChI is InChI=1S/C15H15F2N3O2S.ClH/c16-12-4-1-5-14(15(12)17)23(21,22)20-8-7-19-10-13(20)11-3-2-6-18-9-11;/h1-6,9,13,19H,7-8,10H2;1H. The van der Waals surface area contributed by atoms with E-state index in [1.165, 1.54) is 10.4 Å². The fourth-order valence-electron chi connectivity index (χ4n) is 2.64. The van der Waals surface area contributed by atoms with Crippen LogP contribution < -0.4 is 5.32 Å². The van der Waals surface area contributed by atoms with Gasteiger partial charge in [-0.15, -0.1) is 12.4 Å². The molecule has 9 heteroatoms. The first-order chi connectivity index (χ1) is 11.0. The quantitative estimate of drug-likeness (QED) is 0.892. The average Bonchev–Trinajstić information content (AvgIpc) is 2.58. The number of hydrogen-bond donors (Lipinski definition) is 1. The highest BCUT2D eigenvalue weighted by Gasteiger charge is 2.36. The Morgan fingerprint density at radius 3 is 2.71 bits per heavy atom. The molecule has 24 heavy (non-hydrogen) atoms. The van der Waals surface area contributed by atoms with E-state index < -0.39 is 32.6 Å². The van der Waals surface area contributed by atoms with E-state index in [4.69, 9.17) is 0 Å². The highest BCUT2D eigenvalue weighted by atomic mass is 35.5. The highest BCUT2D eigenvalue weighted by molar-refractivity contribution is 7.89. The molecule has 0 saturated carbocycles. The molecule has 3 rings (SSSR count). The third-order valence-electron chi connectivity index (χ3n) is 3.77. The van der Waals surface area contributed by atoms with Gasteiger partial charge in [0.15, 0.2) is 11.6 Å². The summed E-state index contributed by atoms with van der Waals surface area (Å²) < 4.78 is 54.2. The molecule has 0 bridgehead atoms. The lowest BCUT2D eigenvalue weighted by molar-refractivity contribution is 0.270. The number of piperazine rings is 1. The van der Waals surface area contributed by atoms with Crippen LogP contribution >= 0.6 is 12.4 Å². The minimum absolute atomic E-state index is 0. The molecule has 5 nitrogen and oxygen atoms in total. The molecule has 0 radical (unpaired) electrons. The van der Waals surface area contributed by atoms with Crippen molar-refractivity contribution in [3.8, 4) is 0 Å². The van der Waals surface area contributed by atoms with Crippen LogP contribution in [0.15, 0.2) is 47.6 Å². The van der Waals surface area contributed by atoms with E-state index in [2.05, 4.69) is 10.3 Å². The highest BCUT2D eigenvalue weighted by Crippen LogP contribution is 2.30. The Labute approximate surface area is 145 Å². The Morgan fingerprint density at radius 2 is 2.00 bits per heavy atom. The van der Waals surface area contributed by atoms with Gasteiger partial charge in [-0.05, 0) is 23.8 Å². The van der Waals surface area contributed by atoms with Crippen LogP contribution in [-0.2, 0) is 10.0 Å². The van der Waals surface area contributed by atoms with Crippen molar-refractivity contribution >= 4 is 22.4 Å². The molecule has 0 spiro atoms. The molecule has 1 aromatic heterocycles. The number of sulfonamides is 1. The van der Waals surface area contributed by atoms with Crippen LogP contribution in [0.2, 0.25) is 0 Å². The Balaban J connectivity index is 0.00000208. The van der Waals surface area contributed by atoms with Gasteiger partial charge in [0.05, 0.1) is 6.04 Å². The summed E-state index contributed by atoms with van der Waals surface area (Å²) in [7, 11) is -4.16. The molecule has 1 saturated heterocycles. The van der Waals surface area contributed by atoms with Gasteiger partial charge in [-0.1, -0.05) is 12.1 Å². The average molecular weight is 376 g/mol. The molecule has 1 aromatic carbocycles. The van der Waals surface area contributed by atoms with Gasteiger partial charge in [-0.2, -0.15) is 4.31 Å². The summed E-state index contributed by atoms with van der Waals surface area (Å²) >= 11 is 0. The molecule has 1 N–H and O–H groups in total. The van der Waals surface area contributed by atoms with E-state index in [9.17, 15) is 17.2 Å².